The first-order valence-corrected chi connectivity index (χ1v) is 6.59. The quantitative estimate of drug-likeness (QED) is 0.743. The minimum absolute atomic E-state index is 0.0350. The smallest absolute Gasteiger partial charge is 0.354 e. The highest BCUT2D eigenvalue weighted by atomic mass is 32.1. The van der Waals surface area contributed by atoms with Crippen molar-refractivity contribution >= 4 is 23.2 Å². The van der Waals surface area contributed by atoms with Gasteiger partial charge in [-0.3, -0.25) is 4.79 Å². The first-order valence-electron chi connectivity index (χ1n) is 5.71. The van der Waals surface area contributed by atoms with Gasteiger partial charge in [-0.1, -0.05) is 6.07 Å². The van der Waals surface area contributed by atoms with Gasteiger partial charge in [0.05, 0.1) is 0 Å². The van der Waals surface area contributed by atoms with E-state index in [4.69, 9.17) is 10.8 Å². The Morgan fingerprint density at radius 3 is 2.70 bits per heavy atom. The van der Waals surface area contributed by atoms with Crippen LogP contribution >= 0.6 is 11.3 Å². The lowest BCUT2D eigenvalue weighted by Crippen LogP contribution is -2.23. The van der Waals surface area contributed by atoms with Crippen LogP contribution in [0.5, 0.6) is 0 Å². The summed E-state index contributed by atoms with van der Waals surface area (Å²) in [6.45, 7) is 0.555. The molecular formula is C12H12N4O3S. The maximum absolute atomic E-state index is 11.8. The van der Waals surface area contributed by atoms with Crippen molar-refractivity contribution in [2.45, 2.75) is 13.1 Å². The van der Waals surface area contributed by atoms with Gasteiger partial charge in [-0.15, -0.1) is 11.3 Å². The number of pyridine rings is 1. The Kier molecular flexibility index (Phi) is 4.38. The van der Waals surface area contributed by atoms with Crippen molar-refractivity contribution in [3.8, 4) is 0 Å². The van der Waals surface area contributed by atoms with E-state index in [1.807, 2.05) is 0 Å². The molecule has 8 heteroatoms. The molecule has 0 aliphatic heterocycles. The highest BCUT2D eigenvalue weighted by Gasteiger charge is 2.10. The van der Waals surface area contributed by atoms with Crippen LogP contribution in [0.2, 0.25) is 0 Å². The highest BCUT2D eigenvalue weighted by Crippen LogP contribution is 2.09. The van der Waals surface area contributed by atoms with E-state index in [0.29, 0.717) is 22.8 Å². The molecule has 1 amide bonds. The molecular weight excluding hydrogens is 280 g/mol. The number of carboxylic acids is 1. The fourth-order valence-corrected chi connectivity index (χ4v) is 2.09. The van der Waals surface area contributed by atoms with Crippen molar-refractivity contribution in [3.05, 3.63) is 45.7 Å². The Bertz CT molecular complexity index is 624. The lowest BCUT2D eigenvalue weighted by molar-refractivity contribution is 0.0690. The number of hydrogen-bond donors (Lipinski definition) is 3. The molecule has 2 heterocycles. The van der Waals surface area contributed by atoms with Crippen LogP contribution in [-0.2, 0) is 13.1 Å². The van der Waals surface area contributed by atoms with Crippen LogP contribution in [0.3, 0.4) is 0 Å². The van der Waals surface area contributed by atoms with Gasteiger partial charge >= 0.3 is 5.97 Å². The molecule has 0 saturated carbocycles. The molecule has 104 valence electrons. The SMILES string of the molecule is NCc1nc(C(=O)NCc2ccc(C(=O)O)nc2)cs1. The first kappa shape index (κ1) is 14.1. The van der Waals surface area contributed by atoms with Crippen molar-refractivity contribution in [3.63, 3.8) is 0 Å². The maximum atomic E-state index is 11.8. The summed E-state index contributed by atoms with van der Waals surface area (Å²) in [6.07, 6.45) is 1.41. The summed E-state index contributed by atoms with van der Waals surface area (Å²) in [5.74, 6) is -1.39. The summed E-state index contributed by atoms with van der Waals surface area (Å²) in [5, 5.41) is 13.7. The maximum Gasteiger partial charge on any atom is 0.354 e. The topological polar surface area (TPSA) is 118 Å². The van der Waals surface area contributed by atoms with Gasteiger partial charge in [-0.25, -0.2) is 14.8 Å². The first-order chi connectivity index (χ1) is 9.60. The largest absolute Gasteiger partial charge is 0.477 e. The molecule has 20 heavy (non-hydrogen) atoms. The van der Waals surface area contributed by atoms with E-state index >= 15 is 0 Å². The van der Waals surface area contributed by atoms with Crippen LogP contribution in [-0.4, -0.2) is 27.0 Å². The van der Waals surface area contributed by atoms with Crippen molar-refractivity contribution in [2.24, 2.45) is 5.73 Å². The van der Waals surface area contributed by atoms with Gasteiger partial charge in [0.1, 0.15) is 16.4 Å². The van der Waals surface area contributed by atoms with E-state index < -0.39 is 5.97 Å². The summed E-state index contributed by atoms with van der Waals surface area (Å²) in [5.41, 5.74) is 6.42. The standard InChI is InChI=1S/C12H12N4O3S/c13-3-10-16-9(6-20-10)11(17)15-5-7-1-2-8(12(18)19)14-4-7/h1-2,4,6H,3,5,13H2,(H,15,17)(H,18,19). The second-order valence-corrected chi connectivity index (χ2v) is 4.81. The van der Waals surface area contributed by atoms with Gasteiger partial charge in [0.15, 0.2) is 0 Å². The molecule has 4 N–H and O–H groups in total. The zero-order valence-corrected chi connectivity index (χ0v) is 11.2. The molecule has 0 radical (unpaired) electrons. The molecule has 0 bridgehead atoms. The summed E-state index contributed by atoms with van der Waals surface area (Å²) >= 11 is 1.33. The van der Waals surface area contributed by atoms with Crippen molar-refractivity contribution in [1.29, 1.82) is 0 Å². The molecule has 0 aromatic carbocycles. The van der Waals surface area contributed by atoms with Crippen LogP contribution in [0.25, 0.3) is 0 Å². The zero-order chi connectivity index (χ0) is 14.5. The number of nitrogens with one attached hydrogen (secondary N) is 1. The van der Waals surface area contributed by atoms with Crippen LogP contribution in [0.1, 0.15) is 31.5 Å². The molecule has 0 spiro atoms. The molecule has 0 unspecified atom stereocenters. The number of amides is 1. The number of nitrogens with two attached hydrogens (primary N) is 1. The normalized spacial score (nSPS) is 10.2. The Labute approximate surface area is 118 Å². The van der Waals surface area contributed by atoms with Gasteiger partial charge in [-0.05, 0) is 11.6 Å². The lowest BCUT2D eigenvalue weighted by atomic mass is 10.2. The fourth-order valence-electron chi connectivity index (χ4n) is 1.44. The van der Waals surface area contributed by atoms with Gasteiger partial charge in [0, 0.05) is 24.7 Å². The number of carboxylic acid groups (broad SMARTS) is 1. The van der Waals surface area contributed by atoms with Crippen molar-refractivity contribution < 1.29 is 14.7 Å². The number of aromatic carboxylic acids is 1. The molecule has 0 aliphatic rings. The van der Waals surface area contributed by atoms with E-state index in [2.05, 4.69) is 15.3 Å². The third kappa shape index (κ3) is 3.37. The van der Waals surface area contributed by atoms with Crippen LogP contribution in [0.15, 0.2) is 23.7 Å². The number of carbonyl (C=O) groups is 2. The van der Waals surface area contributed by atoms with Crippen LogP contribution in [0.4, 0.5) is 0 Å². The van der Waals surface area contributed by atoms with E-state index in [-0.39, 0.29) is 18.1 Å². The van der Waals surface area contributed by atoms with Crippen LogP contribution in [0, 0.1) is 0 Å². The summed E-state index contributed by atoms with van der Waals surface area (Å²) < 4.78 is 0. The number of hydrogen-bond acceptors (Lipinski definition) is 6. The van der Waals surface area contributed by atoms with E-state index in [9.17, 15) is 9.59 Å². The van der Waals surface area contributed by atoms with Gasteiger partial charge in [0.2, 0.25) is 0 Å². The second kappa shape index (κ2) is 6.22. The molecule has 0 aliphatic carbocycles. The Hall–Kier alpha value is -2.32. The second-order valence-electron chi connectivity index (χ2n) is 3.87. The number of carbonyl (C=O) groups excluding carboxylic acids is 1. The van der Waals surface area contributed by atoms with Gasteiger partial charge in [-0.2, -0.15) is 0 Å². The lowest BCUT2D eigenvalue weighted by Gasteiger charge is -2.03. The average molecular weight is 292 g/mol. The number of aromatic nitrogens is 2. The molecule has 2 rings (SSSR count). The third-order valence-corrected chi connectivity index (χ3v) is 3.33. The van der Waals surface area contributed by atoms with E-state index in [0.717, 1.165) is 0 Å². The van der Waals surface area contributed by atoms with Crippen molar-refractivity contribution in [1.82, 2.24) is 15.3 Å². The Morgan fingerprint density at radius 2 is 2.15 bits per heavy atom. The summed E-state index contributed by atoms with van der Waals surface area (Å²) in [7, 11) is 0. The number of thiazole rings is 1. The Balaban J connectivity index is 1.94. The molecule has 2 aromatic heterocycles. The van der Waals surface area contributed by atoms with Crippen molar-refractivity contribution in [2.75, 3.05) is 0 Å². The summed E-state index contributed by atoms with van der Waals surface area (Å²) in [4.78, 5) is 30.3. The van der Waals surface area contributed by atoms with E-state index in [1.165, 1.54) is 23.6 Å². The predicted molar refractivity (Wildman–Crippen MR) is 72.4 cm³/mol. The molecule has 0 saturated heterocycles. The number of rotatable bonds is 5. The van der Waals surface area contributed by atoms with Crippen LogP contribution < -0.4 is 11.1 Å². The number of nitrogens with zero attached hydrogens (tertiary/aromatic N) is 2. The third-order valence-electron chi connectivity index (χ3n) is 2.46. The fraction of sp³-hybridized carbons (Fsp3) is 0.167. The minimum Gasteiger partial charge on any atom is -0.477 e. The molecule has 0 fully saturated rings. The zero-order valence-electron chi connectivity index (χ0n) is 10.4. The monoisotopic (exact) mass is 292 g/mol. The predicted octanol–water partition coefficient (Wildman–Crippen LogP) is 0.625. The van der Waals surface area contributed by atoms with E-state index in [1.54, 1.807) is 11.4 Å². The molecule has 7 nitrogen and oxygen atoms in total. The molecule has 0 atom stereocenters. The minimum atomic E-state index is -1.09. The van der Waals surface area contributed by atoms with Gasteiger partial charge < -0.3 is 16.2 Å². The molecule has 2 aromatic rings. The van der Waals surface area contributed by atoms with Gasteiger partial charge in [0.25, 0.3) is 5.91 Å². The average Bonchev–Trinajstić information content (AvgIpc) is 2.94. The Morgan fingerprint density at radius 1 is 1.35 bits per heavy atom. The highest BCUT2D eigenvalue weighted by molar-refractivity contribution is 7.09. The summed E-state index contributed by atoms with van der Waals surface area (Å²) in [6, 6.07) is 2.99.